The van der Waals surface area contributed by atoms with E-state index in [1.54, 1.807) is 7.11 Å². The molecule has 4 nitrogen and oxygen atoms in total. The van der Waals surface area contributed by atoms with Gasteiger partial charge in [0.2, 0.25) is 0 Å². The van der Waals surface area contributed by atoms with Crippen LogP contribution in [0.4, 0.5) is 5.69 Å². The highest BCUT2D eigenvalue weighted by molar-refractivity contribution is 5.65. The summed E-state index contributed by atoms with van der Waals surface area (Å²) < 4.78 is 5.01. The fraction of sp³-hybridized carbons (Fsp3) is 0.316. The topological polar surface area (TPSA) is 37.4 Å². The van der Waals surface area contributed by atoms with E-state index in [1.807, 2.05) is 6.20 Å². The Balaban J connectivity index is 1.63. The minimum absolute atomic E-state index is 0.495. The fourth-order valence-corrected chi connectivity index (χ4v) is 2.81. The first-order valence-electron chi connectivity index (χ1n) is 8.00. The van der Waals surface area contributed by atoms with E-state index < -0.39 is 0 Å². The molecule has 0 fully saturated rings. The molecule has 1 aromatic carbocycles. The first kappa shape index (κ1) is 15.7. The van der Waals surface area contributed by atoms with Crippen molar-refractivity contribution in [3.05, 3.63) is 66.0 Å². The second-order valence-corrected chi connectivity index (χ2v) is 5.76. The van der Waals surface area contributed by atoms with Crippen LogP contribution in [-0.2, 0) is 11.3 Å². The zero-order valence-electron chi connectivity index (χ0n) is 13.5. The molecule has 0 radical (unpaired) electrons. The number of methoxy groups -OCH3 is 1. The molecule has 0 saturated heterocycles. The number of nitrogens with one attached hydrogen (secondary N) is 1. The van der Waals surface area contributed by atoms with Gasteiger partial charge in [-0.25, -0.2) is 0 Å². The Morgan fingerprint density at radius 3 is 2.78 bits per heavy atom. The van der Waals surface area contributed by atoms with Gasteiger partial charge in [0.15, 0.2) is 0 Å². The Morgan fingerprint density at radius 1 is 1.17 bits per heavy atom. The van der Waals surface area contributed by atoms with Crippen molar-refractivity contribution in [2.75, 3.05) is 32.2 Å². The lowest BCUT2D eigenvalue weighted by molar-refractivity contribution is 0.221. The van der Waals surface area contributed by atoms with Crippen LogP contribution in [0.3, 0.4) is 0 Å². The monoisotopic (exact) mass is 309 g/mol. The van der Waals surface area contributed by atoms with E-state index in [1.165, 1.54) is 11.1 Å². The molecular formula is C19H23N3O. The largest absolute Gasteiger partial charge is 0.365 e. The normalized spacial score (nSPS) is 15.3. The summed E-state index contributed by atoms with van der Waals surface area (Å²) >= 11 is 0. The van der Waals surface area contributed by atoms with Gasteiger partial charge in [-0.2, -0.15) is 0 Å². The Kier molecular flexibility index (Phi) is 5.40. The van der Waals surface area contributed by atoms with Crippen LogP contribution in [0.1, 0.15) is 17.7 Å². The minimum atomic E-state index is 0.495. The van der Waals surface area contributed by atoms with Crippen LogP contribution in [0.2, 0.25) is 0 Å². The van der Waals surface area contributed by atoms with E-state index in [0.717, 1.165) is 37.4 Å². The number of anilines is 1. The zero-order chi connectivity index (χ0) is 15.9. The maximum atomic E-state index is 5.01. The van der Waals surface area contributed by atoms with Gasteiger partial charge < -0.3 is 10.1 Å². The molecule has 0 bridgehead atoms. The molecule has 1 N–H and O–H groups in total. The lowest BCUT2D eigenvalue weighted by atomic mass is 10.0. The predicted octanol–water partition coefficient (Wildman–Crippen LogP) is 3.39. The molecule has 120 valence electrons. The maximum Gasteiger partial charge on any atom is 0.116 e. The first-order valence-corrected chi connectivity index (χ1v) is 8.00. The molecule has 1 aliphatic rings. The van der Waals surface area contributed by atoms with Crippen molar-refractivity contribution < 1.29 is 4.74 Å². The average Bonchev–Trinajstić information content (AvgIpc) is 2.61. The molecule has 23 heavy (non-hydrogen) atoms. The maximum absolute atomic E-state index is 5.01. The summed E-state index contributed by atoms with van der Waals surface area (Å²) in [4.78, 5) is 7.06. The van der Waals surface area contributed by atoms with Gasteiger partial charge in [0.25, 0.3) is 0 Å². The van der Waals surface area contributed by atoms with Crippen LogP contribution in [0.5, 0.6) is 0 Å². The van der Waals surface area contributed by atoms with Gasteiger partial charge in [0.1, 0.15) is 6.73 Å². The van der Waals surface area contributed by atoms with Crippen LogP contribution < -0.4 is 5.32 Å². The van der Waals surface area contributed by atoms with E-state index in [2.05, 4.69) is 63.7 Å². The van der Waals surface area contributed by atoms with Crippen molar-refractivity contribution in [3.63, 3.8) is 0 Å². The van der Waals surface area contributed by atoms with Gasteiger partial charge in [-0.1, -0.05) is 36.4 Å². The first-order chi connectivity index (χ1) is 11.3. The van der Waals surface area contributed by atoms with Crippen LogP contribution in [0.15, 0.2) is 54.7 Å². The quantitative estimate of drug-likeness (QED) is 0.830. The van der Waals surface area contributed by atoms with Gasteiger partial charge in [-0.15, -0.1) is 0 Å². The lowest BCUT2D eigenvalue weighted by Gasteiger charge is -2.27. The van der Waals surface area contributed by atoms with E-state index in [0.29, 0.717) is 6.73 Å². The Hall–Kier alpha value is -2.17. The van der Waals surface area contributed by atoms with Crippen molar-refractivity contribution in [3.8, 4) is 0 Å². The third kappa shape index (κ3) is 4.41. The third-order valence-electron chi connectivity index (χ3n) is 3.99. The number of hydrogen-bond acceptors (Lipinski definition) is 4. The average molecular weight is 309 g/mol. The van der Waals surface area contributed by atoms with Crippen LogP contribution in [-0.4, -0.2) is 36.8 Å². The summed E-state index contributed by atoms with van der Waals surface area (Å²) in [6.07, 6.45) is 5.25. The van der Waals surface area contributed by atoms with Crippen molar-refractivity contribution in [2.24, 2.45) is 0 Å². The number of aromatic nitrogens is 1. The molecule has 1 aromatic heterocycles. The highest BCUT2D eigenvalue weighted by Gasteiger charge is 2.15. The lowest BCUT2D eigenvalue weighted by Crippen LogP contribution is -2.29. The van der Waals surface area contributed by atoms with Crippen molar-refractivity contribution in [1.29, 1.82) is 0 Å². The predicted molar refractivity (Wildman–Crippen MR) is 94.0 cm³/mol. The molecular weight excluding hydrogens is 286 g/mol. The summed E-state index contributed by atoms with van der Waals surface area (Å²) in [5.74, 6) is 0. The summed E-state index contributed by atoms with van der Waals surface area (Å²) in [5, 5.41) is 3.15. The second kappa shape index (κ2) is 7.90. The fourth-order valence-electron chi connectivity index (χ4n) is 2.81. The summed E-state index contributed by atoms with van der Waals surface area (Å²) in [6, 6.07) is 14.8. The molecule has 0 spiro atoms. The Bertz CT molecular complexity index is 637. The van der Waals surface area contributed by atoms with E-state index in [-0.39, 0.29) is 0 Å². The molecule has 0 aliphatic carbocycles. The number of benzene rings is 1. The summed E-state index contributed by atoms with van der Waals surface area (Å²) in [6.45, 7) is 3.54. The van der Waals surface area contributed by atoms with Crippen LogP contribution in [0.25, 0.3) is 5.57 Å². The molecule has 0 saturated carbocycles. The van der Waals surface area contributed by atoms with Gasteiger partial charge in [0.05, 0.1) is 17.6 Å². The standard InChI is InChI=1S/C19H23N3O/c1-23-15-21-18-9-10-19(20-12-18)17-8-5-11-22(14-17)13-16-6-3-2-4-7-16/h2-4,6-10,12,21H,5,11,13-15H2,1H3. The van der Waals surface area contributed by atoms with Crippen molar-refractivity contribution in [2.45, 2.75) is 13.0 Å². The molecule has 2 aromatic rings. The van der Waals surface area contributed by atoms with Gasteiger partial charge in [-0.05, 0) is 29.7 Å². The molecule has 0 atom stereocenters. The number of hydrogen-bond donors (Lipinski definition) is 1. The third-order valence-corrected chi connectivity index (χ3v) is 3.99. The summed E-state index contributed by atoms with van der Waals surface area (Å²) in [5.41, 5.74) is 4.71. The van der Waals surface area contributed by atoms with Crippen molar-refractivity contribution >= 4 is 11.3 Å². The smallest absolute Gasteiger partial charge is 0.116 e. The SMILES string of the molecule is COCNc1ccc(C2=CCCN(Cc3ccccc3)C2)nc1. The molecule has 0 unspecified atom stereocenters. The van der Waals surface area contributed by atoms with Crippen molar-refractivity contribution in [1.82, 2.24) is 9.88 Å². The molecule has 2 heterocycles. The van der Waals surface area contributed by atoms with Crippen LogP contribution >= 0.6 is 0 Å². The van der Waals surface area contributed by atoms with Gasteiger partial charge >= 0.3 is 0 Å². The number of pyridine rings is 1. The second-order valence-electron chi connectivity index (χ2n) is 5.76. The Labute approximate surface area is 137 Å². The molecule has 3 rings (SSSR count). The molecule has 0 amide bonds. The van der Waals surface area contributed by atoms with E-state index in [4.69, 9.17) is 4.74 Å². The molecule has 4 heteroatoms. The van der Waals surface area contributed by atoms with E-state index in [9.17, 15) is 0 Å². The van der Waals surface area contributed by atoms with Crippen LogP contribution in [0, 0.1) is 0 Å². The Morgan fingerprint density at radius 2 is 2.04 bits per heavy atom. The zero-order valence-corrected chi connectivity index (χ0v) is 13.5. The summed E-state index contributed by atoms with van der Waals surface area (Å²) in [7, 11) is 1.67. The number of rotatable bonds is 6. The van der Waals surface area contributed by atoms with E-state index >= 15 is 0 Å². The highest BCUT2D eigenvalue weighted by Crippen LogP contribution is 2.21. The number of ether oxygens (including phenoxy) is 1. The van der Waals surface area contributed by atoms with Gasteiger partial charge in [-0.3, -0.25) is 9.88 Å². The van der Waals surface area contributed by atoms with Gasteiger partial charge in [0, 0.05) is 26.7 Å². The minimum Gasteiger partial charge on any atom is -0.365 e. The molecule has 1 aliphatic heterocycles. The highest BCUT2D eigenvalue weighted by atomic mass is 16.5. The number of nitrogens with zero attached hydrogens (tertiary/aromatic N) is 2.